The lowest BCUT2D eigenvalue weighted by Gasteiger charge is -2.40. The summed E-state index contributed by atoms with van der Waals surface area (Å²) in [7, 11) is 3.40. The molecule has 4 rings (SSSR count). The summed E-state index contributed by atoms with van der Waals surface area (Å²) in [6.45, 7) is 4.98. The van der Waals surface area contributed by atoms with Gasteiger partial charge in [-0.15, -0.1) is 0 Å². The molecule has 1 heterocycles. The third-order valence-electron chi connectivity index (χ3n) is 5.88. The minimum absolute atomic E-state index is 0.293. The smallest absolute Gasteiger partial charge is 0.165 e. The zero-order valence-corrected chi connectivity index (χ0v) is 17.8. The van der Waals surface area contributed by atoms with Gasteiger partial charge in [-0.2, -0.15) is 0 Å². The fraction of sp³-hybridized carbons (Fsp3) is 0.308. The molecule has 1 fully saturated rings. The van der Waals surface area contributed by atoms with E-state index in [1.54, 1.807) is 14.2 Å². The predicted molar refractivity (Wildman–Crippen MR) is 121 cm³/mol. The molecule has 4 heteroatoms. The lowest BCUT2D eigenvalue weighted by molar-refractivity contribution is 0.104. The molecule has 0 N–H and O–H groups in total. The Morgan fingerprint density at radius 3 is 1.83 bits per heavy atom. The summed E-state index contributed by atoms with van der Waals surface area (Å²) in [5, 5.41) is 0. The van der Waals surface area contributed by atoms with Gasteiger partial charge >= 0.3 is 0 Å². The molecule has 0 bridgehead atoms. The van der Waals surface area contributed by atoms with Gasteiger partial charge in [-0.3, -0.25) is 9.80 Å². The zero-order chi connectivity index (χ0) is 20.8. The van der Waals surface area contributed by atoms with E-state index in [1.807, 2.05) is 12.1 Å². The van der Waals surface area contributed by atoms with Gasteiger partial charge in [0.25, 0.3) is 0 Å². The van der Waals surface area contributed by atoms with Gasteiger partial charge in [0, 0.05) is 38.3 Å². The van der Waals surface area contributed by atoms with Gasteiger partial charge in [0.05, 0.1) is 20.3 Å². The van der Waals surface area contributed by atoms with Gasteiger partial charge < -0.3 is 9.47 Å². The molecule has 0 atom stereocenters. The van der Waals surface area contributed by atoms with Crippen LogP contribution in [-0.2, 0) is 6.54 Å². The van der Waals surface area contributed by atoms with Gasteiger partial charge in [0.1, 0.15) is 0 Å². The SMILES string of the molecule is COc1cccc(CN2CCN(C(c3ccccc3)c3ccccc3)CC2)c1OC. The molecule has 0 aliphatic carbocycles. The van der Waals surface area contributed by atoms with Gasteiger partial charge in [-0.1, -0.05) is 72.8 Å². The number of benzene rings is 3. The van der Waals surface area contributed by atoms with Crippen LogP contribution in [0.15, 0.2) is 78.9 Å². The van der Waals surface area contributed by atoms with Crippen LogP contribution >= 0.6 is 0 Å². The quantitative estimate of drug-likeness (QED) is 0.576. The Balaban J connectivity index is 1.48. The van der Waals surface area contributed by atoms with Gasteiger partial charge in [-0.25, -0.2) is 0 Å². The zero-order valence-electron chi connectivity index (χ0n) is 17.8. The third kappa shape index (κ3) is 4.50. The van der Waals surface area contributed by atoms with Crippen molar-refractivity contribution in [3.63, 3.8) is 0 Å². The fourth-order valence-corrected chi connectivity index (χ4v) is 4.38. The van der Waals surface area contributed by atoms with Gasteiger partial charge in [0.15, 0.2) is 11.5 Å². The molecule has 0 spiro atoms. The topological polar surface area (TPSA) is 24.9 Å². The molecule has 1 aliphatic rings. The Kier molecular flexibility index (Phi) is 6.67. The van der Waals surface area contributed by atoms with Crippen molar-refractivity contribution in [2.45, 2.75) is 12.6 Å². The molecular weight excluding hydrogens is 372 g/mol. The summed E-state index contributed by atoms with van der Waals surface area (Å²) in [6.07, 6.45) is 0. The summed E-state index contributed by atoms with van der Waals surface area (Å²) in [6, 6.07) is 28.1. The number of piperazine rings is 1. The first-order chi connectivity index (χ1) is 14.8. The van der Waals surface area contributed by atoms with Crippen molar-refractivity contribution < 1.29 is 9.47 Å². The van der Waals surface area contributed by atoms with Gasteiger partial charge in [0.2, 0.25) is 0 Å². The Morgan fingerprint density at radius 2 is 1.30 bits per heavy atom. The van der Waals surface area contributed by atoms with E-state index in [-0.39, 0.29) is 0 Å². The Labute approximate surface area is 179 Å². The van der Waals surface area contributed by atoms with E-state index >= 15 is 0 Å². The summed E-state index contributed by atoms with van der Waals surface area (Å²) < 4.78 is 11.1. The van der Waals surface area contributed by atoms with Crippen molar-refractivity contribution >= 4 is 0 Å². The number of ether oxygens (including phenoxy) is 2. The van der Waals surface area contributed by atoms with E-state index in [1.165, 1.54) is 16.7 Å². The van der Waals surface area contributed by atoms with E-state index in [4.69, 9.17) is 9.47 Å². The van der Waals surface area contributed by atoms with Crippen molar-refractivity contribution in [2.24, 2.45) is 0 Å². The van der Waals surface area contributed by atoms with Crippen LogP contribution < -0.4 is 9.47 Å². The van der Waals surface area contributed by atoms with Crippen LogP contribution in [0.5, 0.6) is 11.5 Å². The third-order valence-corrected chi connectivity index (χ3v) is 5.88. The van der Waals surface area contributed by atoms with E-state index in [0.29, 0.717) is 6.04 Å². The summed E-state index contributed by atoms with van der Waals surface area (Å²) in [5.41, 5.74) is 3.88. The summed E-state index contributed by atoms with van der Waals surface area (Å²) >= 11 is 0. The first-order valence-electron chi connectivity index (χ1n) is 10.6. The molecule has 3 aromatic carbocycles. The molecule has 0 radical (unpaired) electrons. The van der Waals surface area contributed by atoms with Crippen LogP contribution in [0, 0.1) is 0 Å². The highest BCUT2D eigenvalue weighted by molar-refractivity contribution is 5.46. The number of hydrogen-bond acceptors (Lipinski definition) is 4. The highest BCUT2D eigenvalue weighted by Gasteiger charge is 2.26. The van der Waals surface area contributed by atoms with Crippen molar-refractivity contribution in [3.05, 3.63) is 95.6 Å². The molecule has 0 amide bonds. The van der Waals surface area contributed by atoms with Crippen molar-refractivity contribution in [3.8, 4) is 11.5 Å². The Bertz CT molecular complexity index is 883. The number of para-hydroxylation sites is 1. The maximum Gasteiger partial charge on any atom is 0.165 e. The lowest BCUT2D eigenvalue weighted by Crippen LogP contribution is -2.47. The maximum absolute atomic E-state index is 5.62. The molecule has 3 aromatic rings. The number of methoxy groups -OCH3 is 2. The van der Waals surface area contributed by atoms with Crippen LogP contribution in [0.3, 0.4) is 0 Å². The summed E-state index contributed by atoms with van der Waals surface area (Å²) in [5.74, 6) is 1.63. The maximum atomic E-state index is 5.62. The number of rotatable bonds is 7. The molecule has 0 aromatic heterocycles. The highest BCUT2D eigenvalue weighted by Crippen LogP contribution is 2.33. The monoisotopic (exact) mass is 402 g/mol. The summed E-state index contributed by atoms with van der Waals surface area (Å²) in [4.78, 5) is 5.10. The predicted octanol–water partition coefficient (Wildman–Crippen LogP) is 4.61. The second-order valence-electron chi connectivity index (χ2n) is 7.69. The van der Waals surface area contributed by atoms with E-state index in [9.17, 15) is 0 Å². The molecule has 0 unspecified atom stereocenters. The fourth-order valence-electron chi connectivity index (χ4n) is 4.38. The molecular formula is C26H30N2O2. The molecule has 30 heavy (non-hydrogen) atoms. The average Bonchev–Trinajstić information content (AvgIpc) is 2.81. The standard InChI is InChI=1S/C26H30N2O2/c1-29-24-15-9-14-23(26(24)30-2)20-27-16-18-28(19-17-27)25(21-10-5-3-6-11-21)22-12-7-4-8-13-22/h3-15,25H,16-20H2,1-2H3. The van der Waals surface area contributed by atoms with Crippen molar-refractivity contribution in [1.29, 1.82) is 0 Å². The minimum atomic E-state index is 0.293. The van der Waals surface area contributed by atoms with Crippen LogP contribution in [0.4, 0.5) is 0 Å². The van der Waals surface area contributed by atoms with Crippen LogP contribution in [0.25, 0.3) is 0 Å². The molecule has 156 valence electrons. The minimum Gasteiger partial charge on any atom is -0.493 e. The largest absolute Gasteiger partial charge is 0.493 e. The van der Waals surface area contributed by atoms with Crippen molar-refractivity contribution in [1.82, 2.24) is 9.80 Å². The molecule has 0 saturated carbocycles. The van der Waals surface area contributed by atoms with Crippen LogP contribution in [-0.4, -0.2) is 50.2 Å². The Morgan fingerprint density at radius 1 is 0.700 bits per heavy atom. The number of hydrogen-bond donors (Lipinski definition) is 0. The lowest BCUT2D eigenvalue weighted by atomic mass is 9.96. The molecule has 1 saturated heterocycles. The van der Waals surface area contributed by atoms with Crippen molar-refractivity contribution in [2.75, 3.05) is 40.4 Å². The second kappa shape index (κ2) is 9.79. The van der Waals surface area contributed by atoms with Gasteiger partial charge in [-0.05, 0) is 17.2 Å². The van der Waals surface area contributed by atoms with E-state index in [0.717, 1.165) is 44.2 Å². The Hall–Kier alpha value is -2.82. The number of nitrogens with zero attached hydrogens (tertiary/aromatic N) is 2. The first-order valence-corrected chi connectivity index (χ1v) is 10.6. The second-order valence-corrected chi connectivity index (χ2v) is 7.69. The van der Waals surface area contributed by atoms with Crippen LogP contribution in [0.1, 0.15) is 22.7 Å². The van der Waals surface area contributed by atoms with E-state index in [2.05, 4.69) is 76.5 Å². The molecule has 1 aliphatic heterocycles. The average molecular weight is 403 g/mol. The normalized spacial score (nSPS) is 15.3. The molecule has 4 nitrogen and oxygen atoms in total. The highest BCUT2D eigenvalue weighted by atomic mass is 16.5. The van der Waals surface area contributed by atoms with E-state index < -0.39 is 0 Å². The van der Waals surface area contributed by atoms with Crippen LogP contribution in [0.2, 0.25) is 0 Å². The first kappa shape index (κ1) is 20.5.